The molecule has 1 amide bonds. The van der Waals surface area contributed by atoms with Crippen molar-refractivity contribution in [2.24, 2.45) is 0 Å². The van der Waals surface area contributed by atoms with E-state index in [4.69, 9.17) is 14.2 Å². The monoisotopic (exact) mass is 437 g/mol. The average molecular weight is 437 g/mol. The van der Waals surface area contributed by atoms with Crippen molar-refractivity contribution in [2.75, 3.05) is 27.4 Å². The Balaban J connectivity index is 1.79. The van der Waals surface area contributed by atoms with E-state index in [1.54, 1.807) is 38.5 Å². The minimum atomic E-state index is -0.693. The largest absolute Gasteiger partial charge is 0.507 e. The average Bonchev–Trinajstić information content (AvgIpc) is 3.29. The first kappa shape index (κ1) is 21.9. The number of rotatable bonds is 7. The van der Waals surface area contributed by atoms with Crippen molar-refractivity contribution in [1.82, 2.24) is 4.90 Å². The Morgan fingerprint density at radius 1 is 1.16 bits per heavy atom. The standard InChI is InChI=1S/C25H27NO6/c1-15-13-18-14-17(7-10-20(18)32-15)23(27)21-22(16-5-8-19(31-3)9-6-16)26(11-4-12-30-2)25(29)24(21)28/h5-10,14-15,22,27H,4,11-13H2,1-3H3. The van der Waals surface area contributed by atoms with Crippen LogP contribution in [0.25, 0.3) is 5.76 Å². The lowest BCUT2D eigenvalue weighted by molar-refractivity contribution is -0.140. The van der Waals surface area contributed by atoms with Crippen LogP contribution in [-0.2, 0) is 20.7 Å². The summed E-state index contributed by atoms with van der Waals surface area (Å²) < 4.78 is 16.1. The number of likely N-dealkylation sites (tertiary alicyclic amines) is 1. The molecular formula is C25H27NO6. The highest BCUT2D eigenvalue weighted by molar-refractivity contribution is 6.46. The van der Waals surface area contributed by atoms with E-state index in [2.05, 4.69) is 0 Å². The van der Waals surface area contributed by atoms with Gasteiger partial charge in [0.2, 0.25) is 0 Å². The lowest BCUT2D eigenvalue weighted by atomic mass is 9.94. The molecule has 0 saturated carbocycles. The van der Waals surface area contributed by atoms with Crippen LogP contribution < -0.4 is 9.47 Å². The number of methoxy groups -OCH3 is 2. The molecule has 1 fully saturated rings. The van der Waals surface area contributed by atoms with Gasteiger partial charge >= 0.3 is 0 Å². The van der Waals surface area contributed by atoms with E-state index < -0.39 is 17.7 Å². The topological polar surface area (TPSA) is 85.3 Å². The normalized spacial score (nSPS) is 21.5. The molecule has 7 heteroatoms. The number of amides is 1. The third kappa shape index (κ3) is 3.96. The number of carbonyl (C=O) groups excluding carboxylic acids is 2. The highest BCUT2D eigenvalue weighted by atomic mass is 16.5. The van der Waals surface area contributed by atoms with Gasteiger partial charge in [-0.05, 0) is 54.8 Å². The minimum Gasteiger partial charge on any atom is -0.507 e. The fraction of sp³-hybridized carbons (Fsp3) is 0.360. The van der Waals surface area contributed by atoms with Crippen LogP contribution in [0.4, 0.5) is 0 Å². The van der Waals surface area contributed by atoms with Crippen molar-refractivity contribution >= 4 is 17.4 Å². The van der Waals surface area contributed by atoms with Gasteiger partial charge in [0, 0.05) is 32.2 Å². The lowest BCUT2D eigenvalue weighted by Gasteiger charge is -2.25. The van der Waals surface area contributed by atoms with Gasteiger partial charge in [0.15, 0.2) is 0 Å². The molecule has 32 heavy (non-hydrogen) atoms. The van der Waals surface area contributed by atoms with E-state index in [1.807, 2.05) is 25.1 Å². The van der Waals surface area contributed by atoms with Gasteiger partial charge in [-0.15, -0.1) is 0 Å². The molecule has 0 aromatic heterocycles. The van der Waals surface area contributed by atoms with Gasteiger partial charge in [0.1, 0.15) is 23.4 Å². The summed E-state index contributed by atoms with van der Waals surface area (Å²) in [6.45, 7) is 2.78. The minimum absolute atomic E-state index is 0.0630. The van der Waals surface area contributed by atoms with E-state index in [-0.39, 0.29) is 17.4 Å². The molecule has 1 N–H and O–H groups in total. The van der Waals surface area contributed by atoms with Crippen LogP contribution in [-0.4, -0.2) is 55.2 Å². The van der Waals surface area contributed by atoms with Gasteiger partial charge in [-0.1, -0.05) is 12.1 Å². The summed E-state index contributed by atoms with van der Waals surface area (Å²) in [4.78, 5) is 27.5. The third-order valence-corrected chi connectivity index (χ3v) is 5.89. The Morgan fingerprint density at radius 2 is 1.91 bits per heavy atom. The van der Waals surface area contributed by atoms with Gasteiger partial charge in [-0.2, -0.15) is 0 Å². The zero-order valence-electron chi connectivity index (χ0n) is 18.5. The number of hydrogen-bond donors (Lipinski definition) is 1. The molecule has 7 nitrogen and oxygen atoms in total. The van der Waals surface area contributed by atoms with E-state index in [0.29, 0.717) is 30.9 Å². The number of hydrogen-bond acceptors (Lipinski definition) is 6. The predicted octanol–water partition coefficient (Wildman–Crippen LogP) is 3.48. The Morgan fingerprint density at radius 3 is 2.59 bits per heavy atom. The smallest absolute Gasteiger partial charge is 0.295 e. The summed E-state index contributed by atoms with van der Waals surface area (Å²) in [5.41, 5.74) is 2.28. The summed E-state index contributed by atoms with van der Waals surface area (Å²) in [7, 11) is 3.16. The van der Waals surface area contributed by atoms with Crippen LogP contribution in [0.3, 0.4) is 0 Å². The molecule has 0 aliphatic carbocycles. The van der Waals surface area contributed by atoms with Crippen LogP contribution in [0.5, 0.6) is 11.5 Å². The summed E-state index contributed by atoms with van der Waals surface area (Å²) in [5.74, 6) is -0.0493. The second kappa shape index (κ2) is 9.04. The molecule has 2 heterocycles. The third-order valence-electron chi connectivity index (χ3n) is 5.89. The van der Waals surface area contributed by atoms with Crippen molar-refractivity contribution in [3.05, 3.63) is 64.7 Å². The molecule has 4 rings (SSSR count). The first-order valence-electron chi connectivity index (χ1n) is 10.7. The van der Waals surface area contributed by atoms with E-state index in [1.165, 1.54) is 4.90 Å². The number of carbonyl (C=O) groups is 2. The predicted molar refractivity (Wildman–Crippen MR) is 119 cm³/mol. The number of fused-ring (bicyclic) bond motifs is 1. The molecule has 2 atom stereocenters. The fourth-order valence-electron chi connectivity index (χ4n) is 4.35. The summed E-state index contributed by atoms with van der Waals surface area (Å²) in [6, 6.07) is 11.8. The number of Topliss-reactive ketones (excluding diaryl/α,β-unsaturated/α-hetero) is 1. The Hall–Kier alpha value is -3.32. The van der Waals surface area contributed by atoms with Gasteiger partial charge in [-0.3, -0.25) is 9.59 Å². The van der Waals surface area contributed by atoms with Gasteiger partial charge in [0.05, 0.1) is 18.7 Å². The van der Waals surface area contributed by atoms with Crippen molar-refractivity contribution < 1.29 is 28.9 Å². The lowest BCUT2D eigenvalue weighted by Crippen LogP contribution is -2.31. The zero-order valence-corrected chi connectivity index (χ0v) is 18.5. The highest BCUT2D eigenvalue weighted by Gasteiger charge is 2.45. The number of aliphatic hydroxyl groups excluding tert-OH is 1. The summed E-state index contributed by atoms with van der Waals surface area (Å²) >= 11 is 0. The SMILES string of the molecule is COCCCN1C(=O)C(=O)C(=C(O)c2ccc3c(c2)CC(C)O3)C1c1ccc(OC)cc1. The van der Waals surface area contributed by atoms with Crippen LogP contribution in [0.1, 0.15) is 36.1 Å². The molecule has 0 bridgehead atoms. The molecular weight excluding hydrogens is 410 g/mol. The Bertz CT molecular complexity index is 1060. The molecule has 0 spiro atoms. The second-order valence-corrected chi connectivity index (χ2v) is 8.07. The first-order valence-corrected chi connectivity index (χ1v) is 10.7. The van der Waals surface area contributed by atoms with Crippen molar-refractivity contribution in [3.8, 4) is 11.5 Å². The number of ketones is 1. The van der Waals surface area contributed by atoms with Crippen LogP contribution in [0.15, 0.2) is 48.0 Å². The number of aliphatic hydroxyl groups is 1. The van der Waals surface area contributed by atoms with Crippen LogP contribution >= 0.6 is 0 Å². The van der Waals surface area contributed by atoms with Crippen molar-refractivity contribution in [1.29, 1.82) is 0 Å². The first-order chi connectivity index (χ1) is 15.4. The Kier molecular flexibility index (Phi) is 6.19. The van der Waals surface area contributed by atoms with Gasteiger partial charge in [0.25, 0.3) is 11.7 Å². The Labute approximate surface area is 187 Å². The van der Waals surface area contributed by atoms with E-state index >= 15 is 0 Å². The molecule has 0 radical (unpaired) electrons. The highest BCUT2D eigenvalue weighted by Crippen LogP contribution is 2.41. The molecule has 2 aliphatic heterocycles. The van der Waals surface area contributed by atoms with Gasteiger partial charge < -0.3 is 24.2 Å². The van der Waals surface area contributed by atoms with Gasteiger partial charge in [-0.25, -0.2) is 0 Å². The number of nitrogens with zero attached hydrogens (tertiary/aromatic N) is 1. The van der Waals surface area contributed by atoms with Crippen LogP contribution in [0.2, 0.25) is 0 Å². The zero-order chi connectivity index (χ0) is 22.8. The fourth-order valence-corrected chi connectivity index (χ4v) is 4.35. The van der Waals surface area contributed by atoms with Crippen molar-refractivity contribution in [2.45, 2.75) is 31.9 Å². The number of benzene rings is 2. The molecule has 2 unspecified atom stereocenters. The van der Waals surface area contributed by atoms with E-state index in [9.17, 15) is 14.7 Å². The molecule has 2 aromatic carbocycles. The second-order valence-electron chi connectivity index (χ2n) is 8.07. The maximum absolute atomic E-state index is 13.1. The molecule has 1 saturated heterocycles. The van der Waals surface area contributed by atoms with Crippen LogP contribution in [0, 0.1) is 0 Å². The maximum atomic E-state index is 13.1. The maximum Gasteiger partial charge on any atom is 0.295 e. The van der Waals surface area contributed by atoms with E-state index in [0.717, 1.165) is 23.3 Å². The number of ether oxygens (including phenoxy) is 3. The summed E-state index contributed by atoms with van der Waals surface area (Å²) in [5, 5.41) is 11.2. The quantitative estimate of drug-likeness (QED) is 0.309. The molecule has 2 aliphatic rings. The molecule has 168 valence electrons. The summed E-state index contributed by atoms with van der Waals surface area (Å²) in [6.07, 6.45) is 1.36. The molecule has 2 aromatic rings. The van der Waals surface area contributed by atoms with Crippen molar-refractivity contribution in [3.63, 3.8) is 0 Å².